The van der Waals surface area contributed by atoms with Gasteiger partial charge in [-0.05, 0) is 49.2 Å². The lowest BCUT2D eigenvalue weighted by molar-refractivity contribution is 0.402. The number of nitrogens with one attached hydrogen (secondary N) is 1. The molecule has 2 aromatic carbocycles. The molecule has 0 aliphatic carbocycles. The molecule has 0 aromatic heterocycles. The van der Waals surface area contributed by atoms with Crippen LogP contribution in [-0.2, 0) is 20.0 Å². The number of methoxy groups -OCH3 is 2. The Bertz CT molecular complexity index is 1100. The van der Waals surface area contributed by atoms with Crippen LogP contribution < -0.4 is 18.5 Å². The number of hydrogen-bond donors (Lipinski definition) is 1. The third-order valence-corrected chi connectivity index (χ3v) is 7.68. The molecule has 1 aliphatic heterocycles. The van der Waals surface area contributed by atoms with Gasteiger partial charge in [-0.25, -0.2) is 16.8 Å². The Morgan fingerprint density at radius 3 is 2.32 bits per heavy atom. The van der Waals surface area contributed by atoms with Crippen molar-refractivity contribution in [2.75, 3.05) is 35.5 Å². The van der Waals surface area contributed by atoms with Crippen LogP contribution >= 0.6 is 0 Å². The number of rotatable bonds is 6. The van der Waals surface area contributed by atoms with Gasteiger partial charge in [-0.3, -0.25) is 9.03 Å². The molecule has 0 bridgehead atoms. The standard InChI is InChI=1S/C18H22N2O6S2/c1-13-5-7-17(26-3)18(11-13)28(23,24)19-15-12-14(6-8-16(15)25-2)20-9-4-10-27(20,21)22/h5-8,11-12,19H,4,9-10H2,1-3H3. The fourth-order valence-electron chi connectivity index (χ4n) is 3.05. The Morgan fingerprint density at radius 2 is 1.71 bits per heavy atom. The molecule has 1 saturated heterocycles. The molecule has 1 aliphatic rings. The Hall–Kier alpha value is -2.46. The summed E-state index contributed by atoms with van der Waals surface area (Å²) < 4.78 is 64.6. The van der Waals surface area contributed by atoms with Crippen LogP contribution in [0.15, 0.2) is 41.3 Å². The third kappa shape index (κ3) is 3.88. The molecular weight excluding hydrogens is 404 g/mol. The summed E-state index contributed by atoms with van der Waals surface area (Å²) in [6.45, 7) is 2.13. The second-order valence-electron chi connectivity index (χ2n) is 6.39. The van der Waals surface area contributed by atoms with Gasteiger partial charge in [0.2, 0.25) is 10.0 Å². The first-order chi connectivity index (χ1) is 13.2. The predicted octanol–water partition coefficient (Wildman–Crippen LogP) is 2.35. The fourth-order valence-corrected chi connectivity index (χ4v) is 5.93. The number of anilines is 2. The van der Waals surface area contributed by atoms with E-state index in [0.717, 1.165) is 5.56 Å². The van der Waals surface area contributed by atoms with Gasteiger partial charge in [-0.2, -0.15) is 0 Å². The topological polar surface area (TPSA) is 102 Å². The lowest BCUT2D eigenvalue weighted by Gasteiger charge is -2.20. The summed E-state index contributed by atoms with van der Waals surface area (Å²) in [6.07, 6.45) is 0.524. The number of benzene rings is 2. The van der Waals surface area contributed by atoms with Crippen molar-refractivity contribution < 1.29 is 26.3 Å². The van der Waals surface area contributed by atoms with E-state index >= 15 is 0 Å². The van der Waals surface area contributed by atoms with Gasteiger partial charge in [0.15, 0.2) is 0 Å². The van der Waals surface area contributed by atoms with E-state index in [2.05, 4.69) is 4.72 Å². The smallest absolute Gasteiger partial charge is 0.265 e. The first kappa shape index (κ1) is 20.3. The van der Waals surface area contributed by atoms with E-state index in [4.69, 9.17) is 9.47 Å². The van der Waals surface area contributed by atoms with Crippen molar-refractivity contribution in [3.63, 3.8) is 0 Å². The predicted molar refractivity (Wildman–Crippen MR) is 107 cm³/mol. The molecule has 1 fully saturated rings. The highest BCUT2D eigenvalue weighted by molar-refractivity contribution is 7.93. The van der Waals surface area contributed by atoms with Crippen LogP contribution in [0.5, 0.6) is 11.5 Å². The van der Waals surface area contributed by atoms with E-state index in [1.807, 2.05) is 0 Å². The highest BCUT2D eigenvalue weighted by Crippen LogP contribution is 2.35. The molecule has 0 unspecified atom stereocenters. The maximum Gasteiger partial charge on any atom is 0.265 e. The summed E-state index contributed by atoms with van der Waals surface area (Å²) in [5, 5.41) is 0. The van der Waals surface area contributed by atoms with Gasteiger partial charge < -0.3 is 9.47 Å². The Labute approximate surface area is 165 Å². The van der Waals surface area contributed by atoms with Crippen LogP contribution in [0.3, 0.4) is 0 Å². The second kappa shape index (κ2) is 7.51. The van der Waals surface area contributed by atoms with Gasteiger partial charge in [0, 0.05) is 6.54 Å². The summed E-state index contributed by atoms with van der Waals surface area (Å²) in [6, 6.07) is 9.41. The molecule has 3 rings (SSSR count). The van der Waals surface area contributed by atoms with Crippen LogP contribution in [0.2, 0.25) is 0 Å². The van der Waals surface area contributed by atoms with Gasteiger partial charge >= 0.3 is 0 Å². The maximum atomic E-state index is 13.0. The van der Waals surface area contributed by atoms with Gasteiger partial charge in [0.05, 0.1) is 31.3 Å². The van der Waals surface area contributed by atoms with Crippen molar-refractivity contribution in [3.05, 3.63) is 42.0 Å². The molecule has 1 N–H and O–H groups in total. The average molecular weight is 427 g/mol. The Morgan fingerprint density at radius 1 is 1.04 bits per heavy atom. The molecule has 0 atom stereocenters. The van der Waals surface area contributed by atoms with Gasteiger partial charge in [-0.15, -0.1) is 0 Å². The van der Waals surface area contributed by atoms with Crippen molar-refractivity contribution in [2.45, 2.75) is 18.2 Å². The summed E-state index contributed by atoms with van der Waals surface area (Å²) >= 11 is 0. The Balaban J connectivity index is 2.04. The fraction of sp³-hybridized carbons (Fsp3) is 0.333. The number of sulfonamides is 2. The van der Waals surface area contributed by atoms with E-state index in [-0.39, 0.29) is 27.8 Å². The van der Waals surface area contributed by atoms with Crippen LogP contribution in [0.1, 0.15) is 12.0 Å². The Kier molecular flexibility index (Phi) is 5.44. The molecule has 0 saturated carbocycles. The maximum absolute atomic E-state index is 13.0. The molecule has 0 amide bonds. The number of aryl methyl sites for hydroxylation is 1. The van der Waals surface area contributed by atoms with E-state index in [0.29, 0.717) is 18.7 Å². The first-order valence-electron chi connectivity index (χ1n) is 8.54. The number of ether oxygens (including phenoxy) is 2. The third-order valence-electron chi connectivity index (χ3n) is 4.42. The van der Waals surface area contributed by atoms with Crippen molar-refractivity contribution in [2.24, 2.45) is 0 Å². The molecule has 0 spiro atoms. The van der Waals surface area contributed by atoms with Crippen LogP contribution in [0.4, 0.5) is 11.4 Å². The van der Waals surface area contributed by atoms with E-state index in [1.165, 1.54) is 36.7 Å². The summed E-state index contributed by atoms with van der Waals surface area (Å²) in [5.74, 6) is 0.548. The molecule has 2 aromatic rings. The highest BCUT2D eigenvalue weighted by atomic mass is 32.2. The first-order valence-corrected chi connectivity index (χ1v) is 11.6. The number of hydrogen-bond acceptors (Lipinski definition) is 6. The average Bonchev–Trinajstić information content (AvgIpc) is 3.00. The van der Waals surface area contributed by atoms with Crippen molar-refractivity contribution in [1.29, 1.82) is 0 Å². The lowest BCUT2D eigenvalue weighted by Crippen LogP contribution is -2.25. The molecule has 8 nitrogen and oxygen atoms in total. The lowest BCUT2D eigenvalue weighted by atomic mass is 10.2. The minimum Gasteiger partial charge on any atom is -0.495 e. The van der Waals surface area contributed by atoms with Crippen LogP contribution in [0, 0.1) is 6.92 Å². The zero-order chi connectivity index (χ0) is 20.5. The molecule has 28 heavy (non-hydrogen) atoms. The monoisotopic (exact) mass is 426 g/mol. The zero-order valence-electron chi connectivity index (χ0n) is 15.8. The van der Waals surface area contributed by atoms with Gasteiger partial charge in [-0.1, -0.05) is 6.07 Å². The molecule has 152 valence electrons. The SMILES string of the molecule is COc1ccc(N2CCCS2(=O)=O)cc1NS(=O)(=O)c1cc(C)ccc1OC. The quantitative estimate of drug-likeness (QED) is 0.761. The molecule has 10 heteroatoms. The van der Waals surface area contributed by atoms with E-state index in [9.17, 15) is 16.8 Å². The van der Waals surface area contributed by atoms with E-state index < -0.39 is 20.0 Å². The normalized spacial score (nSPS) is 16.0. The minimum absolute atomic E-state index is 0.0174. The second-order valence-corrected chi connectivity index (χ2v) is 10.0. The largest absolute Gasteiger partial charge is 0.495 e. The summed E-state index contributed by atoms with van der Waals surface area (Å²) in [7, 11) is -4.60. The highest BCUT2D eigenvalue weighted by Gasteiger charge is 2.29. The summed E-state index contributed by atoms with van der Waals surface area (Å²) in [4.78, 5) is -0.0174. The molecule has 1 heterocycles. The van der Waals surface area contributed by atoms with Crippen molar-refractivity contribution >= 4 is 31.4 Å². The zero-order valence-corrected chi connectivity index (χ0v) is 17.4. The van der Waals surface area contributed by atoms with Crippen molar-refractivity contribution in [3.8, 4) is 11.5 Å². The number of nitrogens with zero attached hydrogens (tertiary/aromatic N) is 1. The van der Waals surface area contributed by atoms with Crippen LogP contribution in [0.25, 0.3) is 0 Å². The van der Waals surface area contributed by atoms with Gasteiger partial charge in [0.1, 0.15) is 16.4 Å². The summed E-state index contributed by atoms with van der Waals surface area (Å²) in [5.41, 5.74) is 1.28. The molecule has 0 radical (unpaired) electrons. The van der Waals surface area contributed by atoms with Gasteiger partial charge in [0.25, 0.3) is 10.0 Å². The van der Waals surface area contributed by atoms with Crippen molar-refractivity contribution in [1.82, 2.24) is 0 Å². The van der Waals surface area contributed by atoms with Crippen LogP contribution in [-0.4, -0.2) is 43.4 Å². The van der Waals surface area contributed by atoms with E-state index in [1.54, 1.807) is 25.1 Å². The minimum atomic E-state index is -4.00. The molecular formula is C18H22N2O6S2.